The van der Waals surface area contributed by atoms with Crippen LogP contribution in [-0.2, 0) is 4.79 Å². The molecule has 3 amide bonds. The predicted molar refractivity (Wildman–Crippen MR) is 101 cm³/mol. The monoisotopic (exact) mass is 366 g/mol. The fourth-order valence-electron chi connectivity index (χ4n) is 2.55. The molecule has 0 atom stereocenters. The molecule has 27 heavy (non-hydrogen) atoms. The zero-order valence-corrected chi connectivity index (χ0v) is 14.9. The number of hydrogen-bond acceptors (Lipinski definition) is 5. The molecule has 3 aromatic rings. The summed E-state index contributed by atoms with van der Waals surface area (Å²) in [6.45, 7) is 3.46. The largest absolute Gasteiger partial charge is 0.484 e. The molecule has 0 aliphatic heterocycles. The lowest BCUT2D eigenvalue weighted by Crippen LogP contribution is -2.37. The molecule has 0 fully saturated rings. The van der Waals surface area contributed by atoms with Gasteiger partial charge in [0.05, 0.1) is 0 Å². The maximum absolute atomic E-state index is 11.9. The van der Waals surface area contributed by atoms with E-state index in [1.54, 1.807) is 24.3 Å². The van der Waals surface area contributed by atoms with Crippen molar-refractivity contribution in [1.29, 1.82) is 0 Å². The Morgan fingerprint density at radius 1 is 1.04 bits per heavy atom. The molecule has 0 aliphatic carbocycles. The summed E-state index contributed by atoms with van der Waals surface area (Å²) in [5.41, 5.74) is 2.48. The summed E-state index contributed by atoms with van der Waals surface area (Å²) >= 11 is 0. The van der Waals surface area contributed by atoms with E-state index in [4.69, 9.17) is 9.15 Å². The zero-order valence-electron chi connectivity index (χ0n) is 14.9. The lowest BCUT2D eigenvalue weighted by molar-refractivity contribution is -0.121. The number of fused-ring (bicyclic) bond motifs is 1. The molecule has 1 heterocycles. The van der Waals surface area contributed by atoms with Gasteiger partial charge in [0, 0.05) is 23.2 Å². The molecule has 0 aliphatic rings. The second-order valence-electron chi connectivity index (χ2n) is 6.06. The number of nitrogens with one attached hydrogen (secondary N) is 2. The number of urea groups is 1. The number of carbonyl (C=O) groups is 2. The van der Waals surface area contributed by atoms with Gasteiger partial charge in [0.1, 0.15) is 11.3 Å². The molecule has 0 unspecified atom stereocenters. The van der Waals surface area contributed by atoms with E-state index < -0.39 is 17.6 Å². The number of ether oxygens (including phenoxy) is 1. The van der Waals surface area contributed by atoms with Gasteiger partial charge in [-0.1, -0.05) is 17.7 Å². The summed E-state index contributed by atoms with van der Waals surface area (Å²) in [5.74, 6) is -0.256. The van der Waals surface area contributed by atoms with Gasteiger partial charge in [0.25, 0.3) is 5.91 Å². The molecular formula is C20H18N2O5. The van der Waals surface area contributed by atoms with Crippen LogP contribution in [0.3, 0.4) is 0 Å². The number of imide groups is 1. The van der Waals surface area contributed by atoms with Crippen LogP contribution in [0.1, 0.15) is 11.1 Å². The average molecular weight is 366 g/mol. The first kappa shape index (κ1) is 18.2. The highest BCUT2D eigenvalue weighted by Crippen LogP contribution is 2.19. The van der Waals surface area contributed by atoms with Gasteiger partial charge < -0.3 is 14.5 Å². The maximum Gasteiger partial charge on any atom is 0.336 e. The molecule has 2 N–H and O–H groups in total. The van der Waals surface area contributed by atoms with Gasteiger partial charge in [-0.15, -0.1) is 0 Å². The number of hydrogen-bond donors (Lipinski definition) is 2. The first-order valence-electron chi connectivity index (χ1n) is 8.25. The molecule has 1 aromatic heterocycles. The van der Waals surface area contributed by atoms with Crippen molar-refractivity contribution in [3.8, 4) is 5.75 Å². The molecule has 3 rings (SSSR count). The fourth-order valence-corrected chi connectivity index (χ4v) is 2.55. The van der Waals surface area contributed by atoms with E-state index in [1.165, 1.54) is 12.1 Å². The molecule has 0 saturated heterocycles. The Morgan fingerprint density at radius 3 is 2.59 bits per heavy atom. The SMILES string of the molecule is Cc1ccc(NC(=O)NC(=O)COc2ccc3ccc(=O)oc3c2)c(C)c1. The molecule has 2 aromatic carbocycles. The first-order chi connectivity index (χ1) is 12.9. The lowest BCUT2D eigenvalue weighted by Gasteiger charge is -2.10. The second kappa shape index (κ2) is 7.74. The highest BCUT2D eigenvalue weighted by atomic mass is 16.5. The van der Waals surface area contributed by atoms with Crippen LogP contribution in [0, 0.1) is 13.8 Å². The van der Waals surface area contributed by atoms with Gasteiger partial charge in [-0.05, 0) is 43.7 Å². The number of rotatable bonds is 4. The minimum absolute atomic E-state index is 0.349. The van der Waals surface area contributed by atoms with Gasteiger partial charge >= 0.3 is 11.7 Å². The van der Waals surface area contributed by atoms with Gasteiger partial charge in [-0.3, -0.25) is 10.1 Å². The van der Waals surface area contributed by atoms with Crippen molar-refractivity contribution in [2.75, 3.05) is 11.9 Å². The van der Waals surface area contributed by atoms with E-state index in [-0.39, 0.29) is 6.61 Å². The topological polar surface area (TPSA) is 97.6 Å². The Hall–Kier alpha value is -3.61. The normalized spacial score (nSPS) is 10.4. The third-order valence-electron chi connectivity index (χ3n) is 3.85. The molecular weight excluding hydrogens is 348 g/mol. The Labute approximate surface area is 154 Å². The van der Waals surface area contributed by atoms with Crippen LogP contribution in [0.25, 0.3) is 11.0 Å². The molecule has 0 bridgehead atoms. The fraction of sp³-hybridized carbons (Fsp3) is 0.150. The van der Waals surface area contributed by atoms with E-state index in [0.717, 1.165) is 16.5 Å². The van der Waals surface area contributed by atoms with Crippen molar-refractivity contribution in [3.05, 3.63) is 70.1 Å². The molecule has 138 valence electrons. The van der Waals surface area contributed by atoms with Crippen molar-refractivity contribution in [3.63, 3.8) is 0 Å². The van der Waals surface area contributed by atoms with Crippen LogP contribution in [0.5, 0.6) is 5.75 Å². The second-order valence-corrected chi connectivity index (χ2v) is 6.06. The van der Waals surface area contributed by atoms with Gasteiger partial charge in [-0.25, -0.2) is 9.59 Å². The Bertz CT molecular complexity index is 1070. The minimum Gasteiger partial charge on any atom is -0.484 e. The molecule has 7 heteroatoms. The van der Waals surface area contributed by atoms with E-state index in [9.17, 15) is 14.4 Å². The first-order valence-corrected chi connectivity index (χ1v) is 8.25. The third-order valence-corrected chi connectivity index (χ3v) is 3.85. The van der Waals surface area contributed by atoms with Crippen LogP contribution < -0.4 is 21.0 Å². The predicted octanol–water partition coefficient (Wildman–Crippen LogP) is 3.14. The molecule has 0 saturated carbocycles. The summed E-state index contributed by atoms with van der Waals surface area (Å²) in [5, 5.41) is 5.56. The standard InChI is InChI=1S/C20H18N2O5/c1-12-3-7-16(13(2)9-12)21-20(25)22-18(23)11-26-15-6-4-14-5-8-19(24)27-17(14)10-15/h3-10H,11H2,1-2H3,(H2,21,22,23,25). The van der Waals surface area contributed by atoms with Crippen molar-refractivity contribution in [2.45, 2.75) is 13.8 Å². The Balaban J connectivity index is 1.56. The van der Waals surface area contributed by atoms with Crippen molar-refractivity contribution in [1.82, 2.24) is 5.32 Å². The molecule has 7 nitrogen and oxygen atoms in total. The Morgan fingerprint density at radius 2 is 1.81 bits per heavy atom. The number of carbonyl (C=O) groups excluding carboxylic acids is 2. The molecule has 0 radical (unpaired) electrons. The highest BCUT2D eigenvalue weighted by Gasteiger charge is 2.10. The van der Waals surface area contributed by atoms with Crippen molar-refractivity contribution in [2.24, 2.45) is 0 Å². The Kier molecular flexibility index (Phi) is 5.21. The summed E-state index contributed by atoms with van der Waals surface area (Å²) in [7, 11) is 0. The maximum atomic E-state index is 11.9. The minimum atomic E-state index is -0.639. The average Bonchev–Trinajstić information content (AvgIpc) is 2.62. The van der Waals surface area contributed by atoms with Crippen LogP contribution in [0.15, 0.2) is 57.7 Å². The summed E-state index contributed by atoms with van der Waals surface area (Å²) in [4.78, 5) is 35.1. The third kappa shape index (κ3) is 4.72. The number of amides is 3. The van der Waals surface area contributed by atoms with Crippen LogP contribution in [0.2, 0.25) is 0 Å². The van der Waals surface area contributed by atoms with Crippen molar-refractivity contribution >= 4 is 28.6 Å². The van der Waals surface area contributed by atoms with E-state index in [2.05, 4.69) is 10.6 Å². The van der Waals surface area contributed by atoms with E-state index in [1.807, 2.05) is 26.0 Å². The lowest BCUT2D eigenvalue weighted by atomic mass is 10.1. The quantitative estimate of drug-likeness (QED) is 0.692. The smallest absolute Gasteiger partial charge is 0.336 e. The number of aryl methyl sites for hydroxylation is 2. The summed E-state index contributed by atoms with van der Waals surface area (Å²) in [6.07, 6.45) is 0. The van der Waals surface area contributed by atoms with E-state index in [0.29, 0.717) is 17.0 Å². The van der Waals surface area contributed by atoms with Gasteiger partial charge in [0.2, 0.25) is 0 Å². The summed E-state index contributed by atoms with van der Waals surface area (Å²) in [6, 6.07) is 12.8. The van der Waals surface area contributed by atoms with Crippen molar-refractivity contribution < 1.29 is 18.7 Å². The van der Waals surface area contributed by atoms with Gasteiger partial charge in [-0.2, -0.15) is 0 Å². The zero-order chi connectivity index (χ0) is 19.4. The number of anilines is 1. The highest BCUT2D eigenvalue weighted by molar-refractivity contribution is 6.01. The molecule has 0 spiro atoms. The van der Waals surface area contributed by atoms with Crippen LogP contribution in [0.4, 0.5) is 10.5 Å². The van der Waals surface area contributed by atoms with Crippen LogP contribution >= 0.6 is 0 Å². The number of benzene rings is 2. The van der Waals surface area contributed by atoms with Gasteiger partial charge in [0.15, 0.2) is 6.61 Å². The summed E-state index contributed by atoms with van der Waals surface area (Å²) < 4.78 is 10.4. The van der Waals surface area contributed by atoms with Crippen LogP contribution in [-0.4, -0.2) is 18.5 Å². The van der Waals surface area contributed by atoms with E-state index >= 15 is 0 Å².